The van der Waals surface area contributed by atoms with E-state index in [9.17, 15) is 4.79 Å². The molecule has 0 bridgehead atoms. The van der Waals surface area contributed by atoms with E-state index in [1.54, 1.807) is 0 Å². The predicted octanol–water partition coefficient (Wildman–Crippen LogP) is 2.85. The number of rotatable bonds is 6. The maximum Gasteiger partial charge on any atom is 0.305 e. The van der Waals surface area contributed by atoms with Crippen LogP contribution in [0.1, 0.15) is 31.7 Å². The molecule has 1 saturated heterocycles. The molecular weight excluding hydrogens is 238 g/mol. The van der Waals surface area contributed by atoms with Crippen LogP contribution in [0.25, 0.3) is 0 Å². The van der Waals surface area contributed by atoms with Gasteiger partial charge in [-0.25, -0.2) is 0 Å². The van der Waals surface area contributed by atoms with Gasteiger partial charge >= 0.3 is 5.97 Å². The lowest BCUT2D eigenvalue weighted by Gasteiger charge is -2.16. The summed E-state index contributed by atoms with van der Waals surface area (Å²) in [5, 5.41) is 0. The average Bonchev–Trinajstić information content (AvgIpc) is 2.86. The monoisotopic (exact) mass is 261 g/mol. The minimum absolute atomic E-state index is 0.0518. The molecule has 0 amide bonds. The summed E-state index contributed by atoms with van der Waals surface area (Å²) in [6, 6.07) is 10.6. The van der Waals surface area contributed by atoms with Crippen molar-refractivity contribution < 1.29 is 9.53 Å². The van der Waals surface area contributed by atoms with Crippen molar-refractivity contribution in [3.63, 3.8) is 0 Å². The molecule has 1 aromatic carbocycles. The third-order valence-corrected chi connectivity index (χ3v) is 3.68. The zero-order valence-corrected chi connectivity index (χ0v) is 11.7. The van der Waals surface area contributed by atoms with Gasteiger partial charge in [-0.05, 0) is 37.8 Å². The highest BCUT2D eigenvalue weighted by atomic mass is 16.5. The molecule has 1 unspecified atom stereocenters. The number of hydrogen-bond acceptors (Lipinski definition) is 3. The van der Waals surface area contributed by atoms with E-state index in [0.717, 1.165) is 26.1 Å². The lowest BCUT2D eigenvalue weighted by atomic mass is 10.0. The first-order chi connectivity index (χ1) is 9.28. The minimum atomic E-state index is -0.0518. The number of benzene rings is 1. The Morgan fingerprint density at radius 3 is 2.89 bits per heavy atom. The van der Waals surface area contributed by atoms with E-state index in [1.165, 1.54) is 12.0 Å². The van der Waals surface area contributed by atoms with Gasteiger partial charge < -0.3 is 4.74 Å². The molecule has 0 spiro atoms. The molecule has 1 aliphatic rings. The quantitative estimate of drug-likeness (QED) is 0.737. The van der Waals surface area contributed by atoms with Crippen molar-refractivity contribution in [3.8, 4) is 0 Å². The second-order valence-corrected chi connectivity index (χ2v) is 5.22. The van der Waals surface area contributed by atoms with E-state index in [0.29, 0.717) is 18.9 Å². The number of nitrogens with zero attached hydrogens (tertiary/aromatic N) is 1. The first-order valence-electron chi connectivity index (χ1n) is 7.20. The van der Waals surface area contributed by atoms with Crippen LogP contribution in [0, 0.1) is 5.92 Å². The fraction of sp³-hybridized carbons (Fsp3) is 0.562. The Kier molecular flexibility index (Phi) is 5.40. The zero-order chi connectivity index (χ0) is 13.5. The Hall–Kier alpha value is -1.35. The van der Waals surface area contributed by atoms with Crippen molar-refractivity contribution in [2.45, 2.75) is 32.7 Å². The molecule has 0 saturated carbocycles. The molecule has 3 nitrogen and oxygen atoms in total. The molecule has 1 fully saturated rings. The smallest absolute Gasteiger partial charge is 0.305 e. The highest BCUT2D eigenvalue weighted by Crippen LogP contribution is 2.22. The molecule has 104 valence electrons. The molecule has 0 radical (unpaired) electrons. The summed E-state index contributed by atoms with van der Waals surface area (Å²) in [6.45, 7) is 5.62. The van der Waals surface area contributed by atoms with Gasteiger partial charge in [-0.1, -0.05) is 30.3 Å². The van der Waals surface area contributed by atoms with Crippen molar-refractivity contribution in [1.82, 2.24) is 4.90 Å². The third-order valence-electron chi connectivity index (χ3n) is 3.68. The Labute approximate surface area is 115 Å². The van der Waals surface area contributed by atoms with Crippen LogP contribution in [0.15, 0.2) is 30.3 Å². The number of carbonyl (C=O) groups excluding carboxylic acids is 1. The van der Waals surface area contributed by atoms with Gasteiger partial charge in [-0.3, -0.25) is 9.69 Å². The topological polar surface area (TPSA) is 29.5 Å². The van der Waals surface area contributed by atoms with Crippen LogP contribution in [-0.2, 0) is 16.1 Å². The summed E-state index contributed by atoms with van der Waals surface area (Å²) in [5.74, 6) is 0.595. The molecule has 0 aromatic heterocycles. The number of esters is 1. The van der Waals surface area contributed by atoms with Crippen molar-refractivity contribution >= 4 is 5.97 Å². The van der Waals surface area contributed by atoms with Crippen molar-refractivity contribution in [2.75, 3.05) is 19.7 Å². The van der Waals surface area contributed by atoms with E-state index in [1.807, 2.05) is 6.92 Å². The Bertz CT molecular complexity index is 391. The maximum absolute atomic E-state index is 11.3. The van der Waals surface area contributed by atoms with Crippen molar-refractivity contribution in [1.29, 1.82) is 0 Å². The van der Waals surface area contributed by atoms with Crippen molar-refractivity contribution in [3.05, 3.63) is 35.9 Å². The van der Waals surface area contributed by atoms with E-state index >= 15 is 0 Å². The first-order valence-corrected chi connectivity index (χ1v) is 7.20. The van der Waals surface area contributed by atoms with Crippen LogP contribution in [-0.4, -0.2) is 30.6 Å². The first kappa shape index (κ1) is 14.1. The standard InChI is InChI=1S/C16H23NO2/c1-2-19-16(18)9-8-15-10-11-17(13-15)12-14-6-4-3-5-7-14/h3-7,15H,2,8-13H2,1H3. The van der Waals surface area contributed by atoms with Crippen LogP contribution in [0.4, 0.5) is 0 Å². The molecule has 19 heavy (non-hydrogen) atoms. The molecule has 1 atom stereocenters. The van der Waals surface area contributed by atoms with Crippen LogP contribution in [0.3, 0.4) is 0 Å². The largest absolute Gasteiger partial charge is 0.466 e. The lowest BCUT2D eigenvalue weighted by Crippen LogP contribution is -2.20. The van der Waals surface area contributed by atoms with Gasteiger partial charge in [0, 0.05) is 19.5 Å². The van der Waals surface area contributed by atoms with Gasteiger partial charge in [0.05, 0.1) is 6.61 Å². The fourth-order valence-electron chi connectivity index (χ4n) is 2.69. The van der Waals surface area contributed by atoms with E-state index in [4.69, 9.17) is 4.74 Å². The Morgan fingerprint density at radius 2 is 2.16 bits per heavy atom. The predicted molar refractivity (Wildman–Crippen MR) is 75.7 cm³/mol. The molecule has 1 heterocycles. The van der Waals surface area contributed by atoms with Gasteiger partial charge in [0.2, 0.25) is 0 Å². The SMILES string of the molecule is CCOC(=O)CCC1CCN(Cc2ccccc2)C1. The summed E-state index contributed by atoms with van der Waals surface area (Å²) in [6.07, 6.45) is 2.73. The van der Waals surface area contributed by atoms with E-state index < -0.39 is 0 Å². The minimum Gasteiger partial charge on any atom is -0.466 e. The van der Waals surface area contributed by atoms with Crippen LogP contribution in [0.2, 0.25) is 0 Å². The zero-order valence-electron chi connectivity index (χ0n) is 11.7. The average molecular weight is 261 g/mol. The van der Waals surface area contributed by atoms with Crippen molar-refractivity contribution in [2.24, 2.45) is 5.92 Å². The third kappa shape index (κ3) is 4.67. The van der Waals surface area contributed by atoms with E-state index in [2.05, 4.69) is 35.2 Å². The summed E-state index contributed by atoms with van der Waals surface area (Å²) in [4.78, 5) is 13.8. The number of carbonyl (C=O) groups is 1. The number of likely N-dealkylation sites (tertiary alicyclic amines) is 1. The van der Waals surface area contributed by atoms with Gasteiger partial charge in [0.25, 0.3) is 0 Å². The van der Waals surface area contributed by atoms with Gasteiger partial charge in [-0.15, -0.1) is 0 Å². The summed E-state index contributed by atoms with van der Waals surface area (Å²) in [7, 11) is 0. The number of ether oxygens (including phenoxy) is 1. The Balaban J connectivity index is 1.70. The highest BCUT2D eigenvalue weighted by molar-refractivity contribution is 5.69. The van der Waals surface area contributed by atoms with E-state index in [-0.39, 0.29) is 5.97 Å². The summed E-state index contributed by atoms with van der Waals surface area (Å²) in [5.41, 5.74) is 1.37. The molecule has 0 N–H and O–H groups in total. The number of hydrogen-bond donors (Lipinski definition) is 0. The molecule has 2 rings (SSSR count). The van der Waals surface area contributed by atoms with Gasteiger partial charge in [0.1, 0.15) is 0 Å². The van der Waals surface area contributed by atoms with Gasteiger partial charge in [-0.2, -0.15) is 0 Å². The van der Waals surface area contributed by atoms with Crippen LogP contribution < -0.4 is 0 Å². The van der Waals surface area contributed by atoms with Crippen LogP contribution >= 0.6 is 0 Å². The second kappa shape index (κ2) is 7.29. The summed E-state index contributed by atoms with van der Waals surface area (Å²) >= 11 is 0. The molecular formula is C16H23NO2. The summed E-state index contributed by atoms with van der Waals surface area (Å²) < 4.78 is 4.97. The lowest BCUT2D eigenvalue weighted by molar-refractivity contribution is -0.143. The molecule has 0 aliphatic carbocycles. The second-order valence-electron chi connectivity index (χ2n) is 5.22. The Morgan fingerprint density at radius 1 is 1.37 bits per heavy atom. The highest BCUT2D eigenvalue weighted by Gasteiger charge is 2.22. The van der Waals surface area contributed by atoms with Gasteiger partial charge in [0.15, 0.2) is 0 Å². The normalized spacial score (nSPS) is 19.5. The fourth-order valence-corrected chi connectivity index (χ4v) is 2.69. The molecule has 1 aliphatic heterocycles. The van der Waals surface area contributed by atoms with Crippen LogP contribution in [0.5, 0.6) is 0 Å². The molecule has 3 heteroatoms. The molecule has 1 aromatic rings. The maximum atomic E-state index is 11.3.